The van der Waals surface area contributed by atoms with Crippen LogP contribution in [0, 0.1) is 6.92 Å². The number of carbonyl (C=O) groups is 2. The van der Waals surface area contributed by atoms with E-state index in [4.69, 9.17) is 49.0 Å². The predicted molar refractivity (Wildman–Crippen MR) is 152 cm³/mol. The first-order chi connectivity index (χ1) is 18.3. The number of hydrogen-bond acceptors (Lipinski definition) is 7. The zero-order chi connectivity index (χ0) is 28.7. The van der Waals surface area contributed by atoms with Gasteiger partial charge in [-0.2, -0.15) is 0 Å². The van der Waals surface area contributed by atoms with E-state index in [1.54, 1.807) is 32.9 Å². The highest BCUT2D eigenvalue weighted by molar-refractivity contribution is 6.42. The number of nitrogens with one attached hydrogen (secondary N) is 1. The molecular weight excluding hydrogens is 567 g/mol. The van der Waals surface area contributed by atoms with E-state index in [-0.39, 0.29) is 30.0 Å². The highest BCUT2D eigenvalue weighted by Crippen LogP contribution is 2.33. The van der Waals surface area contributed by atoms with Crippen molar-refractivity contribution in [1.29, 1.82) is 0 Å². The summed E-state index contributed by atoms with van der Waals surface area (Å²) in [4.78, 5) is 26.7. The molecule has 1 saturated heterocycles. The number of rotatable bonds is 10. The summed E-state index contributed by atoms with van der Waals surface area (Å²) in [5.74, 6) is -0.0170. The van der Waals surface area contributed by atoms with Gasteiger partial charge in [0.1, 0.15) is 23.2 Å². The Balaban J connectivity index is 1.42. The van der Waals surface area contributed by atoms with Gasteiger partial charge in [0, 0.05) is 37.3 Å². The number of aliphatic hydroxyl groups excluding tert-OH is 1. The first-order valence-electron chi connectivity index (χ1n) is 12.8. The molecule has 39 heavy (non-hydrogen) atoms. The quantitative estimate of drug-likeness (QED) is 0.356. The monoisotopic (exact) mass is 600 g/mol. The molecule has 2 N–H and O–H groups in total. The Bertz CT molecular complexity index is 1160. The van der Waals surface area contributed by atoms with Gasteiger partial charge in [-0.25, -0.2) is 4.79 Å². The minimum Gasteiger partial charge on any atom is -0.490 e. The van der Waals surface area contributed by atoms with Crippen LogP contribution < -0.4 is 14.8 Å². The molecule has 3 rings (SSSR count). The molecule has 1 heterocycles. The van der Waals surface area contributed by atoms with Crippen LogP contribution in [0.25, 0.3) is 0 Å². The van der Waals surface area contributed by atoms with Gasteiger partial charge in [-0.1, -0.05) is 34.8 Å². The molecule has 1 fully saturated rings. The third-order valence-corrected chi connectivity index (χ3v) is 7.25. The van der Waals surface area contributed by atoms with Crippen molar-refractivity contribution in [3.8, 4) is 11.5 Å². The van der Waals surface area contributed by atoms with Crippen molar-refractivity contribution >= 4 is 46.7 Å². The highest BCUT2D eigenvalue weighted by Gasteiger charge is 2.24. The van der Waals surface area contributed by atoms with E-state index in [9.17, 15) is 14.7 Å². The smallest absolute Gasteiger partial charge is 0.344 e. The summed E-state index contributed by atoms with van der Waals surface area (Å²) in [5, 5.41) is 14.5. The van der Waals surface area contributed by atoms with E-state index in [2.05, 4.69) is 10.2 Å². The van der Waals surface area contributed by atoms with Crippen molar-refractivity contribution < 1.29 is 28.9 Å². The first kappa shape index (κ1) is 31.3. The maximum Gasteiger partial charge on any atom is 0.344 e. The number of nitrogens with zero attached hydrogens (tertiary/aromatic N) is 1. The van der Waals surface area contributed by atoms with Gasteiger partial charge >= 0.3 is 5.97 Å². The molecule has 0 saturated carbocycles. The number of benzene rings is 2. The second kappa shape index (κ2) is 13.9. The maximum atomic E-state index is 12.7. The third-order valence-electron chi connectivity index (χ3n) is 6.04. The lowest BCUT2D eigenvalue weighted by Gasteiger charge is -2.33. The Labute approximate surface area is 244 Å². The van der Waals surface area contributed by atoms with Crippen LogP contribution in [-0.2, 0) is 9.53 Å². The Morgan fingerprint density at radius 2 is 1.74 bits per heavy atom. The van der Waals surface area contributed by atoms with Crippen molar-refractivity contribution in [1.82, 2.24) is 10.2 Å². The zero-order valence-electron chi connectivity index (χ0n) is 22.6. The van der Waals surface area contributed by atoms with Gasteiger partial charge < -0.3 is 29.5 Å². The fourth-order valence-corrected chi connectivity index (χ4v) is 4.62. The van der Waals surface area contributed by atoms with Gasteiger partial charge in [-0.3, -0.25) is 4.79 Å². The van der Waals surface area contributed by atoms with E-state index in [0.29, 0.717) is 22.2 Å². The summed E-state index contributed by atoms with van der Waals surface area (Å²) in [6, 6.07) is 8.08. The first-order valence-corrected chi connectivity index (χ1v) is 13.9. The maximum absolute atomic E-state index is 12.7. The number of esters is 1. The molecule has 1 atom stereocenters. The summed E-state index contributed by atoms with van der Waals surface area (Å²) in [6.07, 6.45) is 0.898. The molecule has 2 aromatic carbocycles. The molecule has 214 valence electrons. The van der Waals surface area contributed by atoms with Gasteiger partial charge in [-0.05, 0) is 70.9 Å². The number of aliphatic hydroxyl groups is 1. The van der Waals surface area contributed by atoms with Crippen LogP contribution in [0.4, 0.5) is 0 Å². The minimum absolute atomic E-state index is 0.0469. The largest absolute Gasteiger partial charge is 0.490 e. The number of ether oxygens (including phenoxy) is 3. The Morgan fingerprint density at radius 3 is 2.41 bits per heavy atom. The number of β-amino-alcohol motifs (C(OH)–C–C–N with tert-alkyl or cyclic N) is 1. The Hall–Kier alpha value is -2.23. The number of likely N-dealkylation sites (tertiary alicyclic amines) is 1. The van der Waals surface area contributed by atoms with Crippen molar-refractivity contribution in [2.45, 2.75) is 58.3 Å². The molecule has 1 aliphatic heterocycles. The van der Waals surface area contributed by atoms with Crippen LogP contribution in [0.1, 0.15) is 49.5 Å². The molecule has 0 aromatic heterocycles. The second-order valence-corrected chi connectivity index (χ2v) is 11.7. The number of amides is 1. The normalized spacial score (nSPS) is 15.5. The Morgan fingerprint density at radius 1 is 1.08 bits per heavy atom. The van der Waals surface area contributed by atoms with Crippen LogP contribution in [0.5, 0.6) is 11.5 Å². The van der Waals surface area contributed by atoms with E-state index >= 15 is 0 Å². The van der Waals surface area contributed by atoms with E-state index in [1.165, 1.54) is 12.1 Å². The number of carbonyl (C=O) groups excluding carboxylic acids is 2. The molecule has 1 aliphatic rings. The fourth-order valence-electron chi connectivity index (χ4n) is 4.09. The topological polar surface area (TPSA) is 97.3 Å². The van der Waals surface area contributed by atoms with Crippen LogP contribution >= 0.6 is 34.8 Å². The van der Waals surface area contributed by atoms with Gasteiger partial charge in [-0.15, -0.1) is 0 Å². The summed E-state index contributed by atoms with van der Waals surface area (Å²) < 4.78 is 16.8. The van der Waals surface area contributed by atoms with Gasteiger partial charge in [0.05, 0.1) is 21.2 Å². The number of hydrogen-bond donors (Lipinski definition) is 2. The molecule has 8 nitrogen and oxygen atoms in total. The van der Waals surface area contributed by atoms with Gasteiger partial charge in [0.2, 0.25) is 0 Å². The summed E-state index contributed by atoms with van der Waals surface area (Å²) in [6.45, 7) is 8.83. The molecule has 0 unspecified atom stereocenters. The average Bonchev–Trinajstić information content (AvgIpc) is 2.87. The van der Waals surface area contributed by atoms with Crippen LogP contribution in [0.3, 0.4) is 0 Å². The molecule has 0 spiro atoms. The van der Waals surface area contributed by atoms with Crippen molar-refractivity contribution in [2.75, 3.05) is 32.8 Å². The fraction of sp³-hybridized carbons (Fsp3) is 0.500. The van der Waals surface area contributed by atoms with E-state index < -0.39 is 23.6 Å². The minimum atomic E-state index is -0.751. The van der Waals surface area contributed by atoms with Gasteiger partial charge in [0.15, 0.2) is 6.61 Å². The molecule has 0 radical (unpaired) electrons. The molecular formula is C28H35Cl3N2O6. The molecule has 0 bridgehead atoms. The lowest BCUT2D eigenvalue weighted by Crippen LogP contribution is -2.45. The van der Waals surface area contributed by atoms with Gasteiger partial charge in [0.25, 0.3) is 5.91 Å². The van der Waals surface area contributed by atoms with Crippen molar-refractivity contribution in [3.05, 3.63) is 56.5 Å². The average molecular weight is 602 g/mol. The zero-order valence-corrected chi connectivity index (χ0v) is 24.8. The summed E-state index contributed by atoms with van der Waals surface area (Å²) in [5.41, 5.74) is 0.475. The lowest BCUT2D eigenvalue weighted by molar-refractivity contribution is -0.157. The molecule has 0 aliphatic carbocycles. The van der Waals surface area contributed by atoms with Crippen LogP contribution in [-0.4, -0.2) is 72.5 Å². The number of halogens is 3. The van der Waals surface area contributed by atoms with Crippen LogP contribution in [0.2, 0.25) is 15.1 Å². The number of piperidine rings is 1. The molecule has 2 aromatic rings. The highest BCUT2D eigenvalue weighted by atomic mass is 35.5. The van der Waals surface area contributed by atoms with E-state index in [1.807, 2.05) is 13.0 Å². The molecule has 1 amide bonds. The predicted octanol–water partition coefficient (Wildman–Crippen LogP) is 5.31. The summed E-state index contributed by atoms with van der Waals surface area (Å²) in [7, 11) is 0. The lowest BCUT2D eigenvalue weighted by atomic mass is 10.1. The van der Waals surface area contributed by atoms with Crippen LogP contribution in [0.15, 0.2) is 30.3 Å². The second-order valence-electron chi connectivity index (χ2n) is 10.5. The van der Waals surface area contributed by atoms with E-state index in [0.717, 1.165) is 37.2 Å². The summed E-state index contributed by atoms with van der Waals surface area (Å²) >= 11 is 18.4. The third kappa shape index (κ3) is 9.72. The SMILES string of the molecule is Cc1c(OC2CCN(C[C@H](O)CNC(=O)c3ccc(Cl)c(OCC(=O)OC(C)(C)C)c3)CC2)ccc(Cl)c1Cl. The van der Waals surface area contributed by atoms with Crippen molar-refractivity contribution in [2.24, 2.45) is 0 Å². The Kier molecular flexibility index (Phi) is 11.2. The molecule has 11 heteroatoms. The van der Waals surface area contributed by atoms with Crippen molar-refractivity contribution in [3.63, 3.8) is 0 Å². The standard InChI is InChI=1S/C28H35Cl3N2O6/c1-17-23(8-7-22(30)26(17)31)38-20-9-11-33(12-10-20)15-19(34)14-32-27(36)18-5-6-21(29)24(13-18)37-16-25(35)39-28(2,3)4/h5-8,13,19-20,34H,9-12,14-16H2,1-4H3,(H,32,36)/t19-/m1/s1.